The van der Waals surface area contributed by atoms with E-state index in [4.69, 9.17) is 16.0 Å². The highest BCUT2D eigenvalue weighted by molar-refractivity contribution is 8.18. The van der Waals surface area contributed by atoms with Crippen molar-refractivity contribution in [2.75, 3.05) is 0 Å². The van der Waals surface area contributed by atoms with E-state index in [0.29, 0.717) is 33.2 Å². The van der Waals surface area contributed by atoms with Gasteiger partial charge in [-0.15, -0.1) is 0 Å². The van der Waals surface area contributed by atoms with Crippen LogP contribution in [0.3, 0.4) is 0 Å². The van der Waals surface area contributed by atoms with Gasteiger partial charge in [-0.2, -0.15) is 0 Å². The Kier molecular flexibility index (Phi) is 5.09. The van der Waals surface area contributed by atoms with Crippen molar-refractivity contribution in [2.24, 2.45) is 4.99 Å². The molecular weight excluding hydrogens is 382 g/mol. The summed E-state index contributed by atoms with van der Waals surface area (Å²) < 4.78 is 5.82. The monoisotopic (exact) mass is 395 g/mol. The average Bonchev–Trinajstić information content (AvgIpc) is 3.28. The second kappa shape index (κ2) is 7.82. The van der Waals surface area contributed by atoms with E-state index in [1.54, 1.807) is 12.3 Å². The molecule has 3 heterocycles. The molecule has 5 nitrogen and oxygen atoms in total. The van der Waals surface area contributed by atoms with Crippen LogP contribution in [0, 0.1) is 0 Å². The highest BCUT2D eigenvalue weighted by Crippen LogP contribution is 2.29. The van der Waals surface area contributed by atoms with Crippen molar-refractivity contribution in [3.8, 4) is 11.3 Å². The summed E-state index contributed by atoms with van der Waals surface area (Å²) in [5, 5.41) is 3.96. The van der Waals surface area contributed by atoms with Crippen molar-refractivity contribution in [1.29, 1.82) is 0 Å². The minimum atomic E-state index is -0.194. The molecule has 1 N–H and O–H groups in total. The number of rotatable bonds is 4. The quantitative estimate of drug-likeness (QED) is 0.647. The molecule has 0 aliphatic carbocycles. The third-order valence-corrected chi connectivity index (χ3v) is 4.95. The summed E-state index contributed by atoms with van der Waals surface area (Å²) in [6.45, 7) is 0.413. The van der Waals surface area contributed by atoms with Gasteiger partial charge in [-0.3, -0.25) is 14.8 Å². The molecule has 0 spiro atoms. The van der Waals surface area contributed by atoms with E-state index in [-0.39, 0.29) is 5.91 Å². The zero-order valence-electron chi connectivity index (χ0n) is 14.1. The van der Waals surface area contributed by atoms with Crippen LogP contribution in [0.25, 0.3) is 17.4 Å². The third kappa shape index (κ3) is 4.30. The van der Waals surface area contributed by atoms with Gasteiger partial charge in [0.2, 0.25) is 0 Å². The Balaban J connectivity index is 1.49. The normalized spacial score (nSPS) is 16.9. The predicted molar refractivity (Wildman–Crippen MR) is 108 cm³/mol. The topological polar surface area (TPSA) is 67.5 Å². The van der Waals surface area contributed by atoms with Crippen LogP contribution >= 0.6 is 23.4 Å². The van der Waals surface area contributed by atoms with Crippen LogP contribution < -0.4 is 5.32 Å². The summed E-state index contributed by atoms with van der Waals surface area (Å²) in [6, 6.07) is 16.7. The molecule has 3 aromatic rings. The third-order valence-electron chi connectivity index (χ3n) is 3.77. The molecule has 1 aliphatic rings. The number of hydrogen-bond acceptors (Lipinski definition) is 5. The van der Waals surface area contributed by atoms with E-state index >= 15 is 0 Å². The molecule has 1 saturated heterocycles. The van der Waals surface area contributed by atoms with Gasteiger partial charge in [0.1, 0.15) is 11.5 Å². The van der Waals surface area contributed by atoms with Gasteiger partial charge in [-0.05, 0) is 48.2 Å². The van der Waals surface area contributed by atoms with Gasteiger partial charge in [0.05, 0.1) is 17.1 Å². The van der Waals surface area contributed by atoms with Crippen LogP contribution in [0.5, 0.6) is 0 Å². The van der Waals surface area contributed by atoms with Crippen LogP contribution in [0.1, 0.15) is 11.5 Å². The number of aromatic nitrogens is 1. The Morgan fingerprint density at radius 1 is 1.19 bits per heavy atom. The van der Waals surface area contributed by atoms with Crippen LogP contribution in [0.4, 0.5) is 0 Å². The number of carbonyl (C=O) groups excluding carboxylic acids is 1. The van der Waals surface area contributed by atoms with Gasteiger partial charge in [-0.25, -0.2) is 0 Å². The highest BCUT2D eigenvalue weighted by atomic mass is 35.5. The zero-order valence-corrected chi connectivity index (χ0v) is 15.6. The van der Waals surface area contributed by atoms with Crippen LogP contribution in [0.2, 0.25) is 5.02 Å². The van der Waals surface area contributed by atoms with Crippen LogP contribution in [-0.2, 0) is 11.3 Å². The lowest BCUT2D eigenvalue weighted by atomic mass is 10.2. The fourth-order valence-electron chi connectivity index (χ4n) is 2.50. The minimum Gasteiger partial charge on any atom is -0.457 e. The number of nitrogens with zero attached hydrogens (tertiary/aromatic N) is 2. The largest absolute Gasteiger partial charge is 0.457 e. The summed E-state index contributed by atoms with van der Waals surface area (Å²) in [6.07, 6.45) is 3.42. The number of amides is 1. The molecule has 1 aliphatic heterocycles. The van der Waals surface area contributed by atoms with Gasteiger partial charge in [0.25, 0.3) is 5.91 Å². The lowest BCUT2D eigenvalue weighted by Crippen LogP contribution is -2.19. The maximum atomic E-state index is 12.2. The molecule has 1 aromatic carbocycles. The van der Waals surface area contributed by atoms with E-state index in [2.05, 4.69) is 15.3 Å². The number of pyridine rings is 1. The van der Waals surface area contributed by atoms with E-state index in [9.17, 15) is 4.79 Å². The second-order valence-electron chi connectivity index (χ2n) is 5.72. The van der Waals surface area contributed by atoms with Crippen molar-refractivity contribution < 1.29 is 9.21 Å². The molecule has 4 rings (SSSR count). The molecule has 0 saturated carbocycles. The Morgan fingerprint density at radius 2 is 2.11 bits per heavy atom. The summed E-state index contributed by atoms with van der Waals surface area (Å²) in [7, 11) is 0. The lowest BCUT2D eigenvalue weighted by Gasteiger charge is -1.97. The SMILES string of the molecule is O=C1NC(=NCc2ccccn2)S/C1=C\c1ccc(-c2cccc(Cl)c2)o1. The van der Waals surface area contributed by atoms with E-state index in [1.165, 1.54) is 11.8 Å². The summed E-state index contributed by atoms with van der Waals surface area (Å²) in [5.74, 6) is 1.09. The van der Waals surface area contributed by atoms with Crippen molar-refractivity contribution in [2.45, 2.75) is 6.54 Å². The van der Waals surface area contributed by atoms with Crippen molar-refractivity contribution in [3.63, 3.8) is 0 Å². The number of carbonyl (C=O) groups is 1. The fourth-order valence-corrected chi connectivity index (χ4v) is 3.49. The number of benzene rings is 1. The lowest BCUT2D eigenvalue weighted by molar-refractivity contribution is -0.115. The second-order valence-corrected chi connectivity index (χ2v) is 7.19. The number of amidine groups is 1. The van der Waals surface area contributed by atoms with Crippen LogP contribution in [-0.4, -0.2) is 16.1 Å². The Morgan fingerprint density at radius 3 is 2.93 bits per heavy atom. The summed E-state index contributed by atoms with van der Waals surface area (Å²) in [4.78, 5) is 21.3. The first kappa shape index (κ1) is 17.6. The number of furan rings is 1. The standard InChI is InChI=1S/C20H14ClN3O2S/c21-14-5-3-4-13(10-14)17-8-7-16(26-17)11-18-19(25)24-20(27-18)23-12-15-6-1-2-9-22-15/h1-11H,12H2,(H,23,24,25)/b18-11-. The maximum absolute atomic E-state index is 12.2. The average molecular weight is 396 g/mol. The Bertz CT molecular complexity index is 1040. The first-order chi connectivity index (χ1) is 13.2. The molecule has 1 amide bonds. The number of halogens is 1. The van der Waals surface area contributed by atoms with Crippen molar-refractivity contribution in [1.82, 2.24) is 10.3 Å². The summed E-state index contributed by atoms with van der Waals surface area (Å²) >= 11 is 7.30. The molecule has 0 unspecified atom stereocenters. The first-order valence-electron chi connectivity index (χ1n) is 8.18. The number of nitrogens with one attached hydrogen (secondary N) is 1. The number of thioether (sulfide) groups is 1. The van der Waals surface area contributed by atoms with Gasteiger partial charge >= 0.3 is 0 Å². The van der Waals surface area contributed by atoms with Gasteiger partial charge < -0.3 is 9.73 Å². The number of aliphatic imine (C=N–C) groups is 1. The van der Waals surface area contributed by atoms with E-state index in [1.807, 2.05) is 54.6 Å². The molecule has 27 heavy (non-hydrogen) atoms. The van der Waals surface area contributed by atoms with Crippen LogP contribution in [0.15, 0.2) is 75.1 Å². The predicted octanol–water partition coefficient (Wildman–Crippen LogP) is 4.76. The zero-order chi connectivity index (χ0) is 18.6. The highest BCUT2D eigenvalue weighted by Gasteiger charge is 2.24. The van der Waals surface area contributed by atoms with Gasteiger partial charge in [0, 0.05) is 22.9 Å². The fraction of sp³-hybridized carbons (Fsp3) is 0.0500. The molecular formula is C20H14ClN3O2S. The molecule has 2 aromatic heterocycles. The van der Waals surface area contributed by atoms with E-state index < -0.39 is 0 Å². The molecule has 0 bridgehead atoms. The molecule has 7 heteroatoms. The number of hydrogen-bond donors (Lipinski definition) is 1. The Hall–Kier alpha value is -2.83. The van der Waals surface area contributed by atoms with Crippen molar-refractivity contribution in [3.05, 3.63) is 82.2 Å². The molecule has 0 radical (unpaired) electrons. The van der Waals surface area contributed by atoms with Gasteiger partial charge in [-0.1, -0.05) is 29.8 Å². The first-order valence-corrected chi connectivity index (χ1v) is 9.38. The molecule has 0 atom stereocenters. The summed E-state index contributed by atoms with van der Waals surface area (Å²) in [5.41, 5.74) is 1.72. The van der Waals surface area contributed by atoms with Gasteiger partial charge in [0.15, 0.2) is 5.17 Å². The Labute approximate surface area is 165 Å². The molecule has 134 valence electrons. The van der Waals surface area contributed by atoms with E-state index in [0.717, 1.165) is 11.3 Å². The minimum absolute atomic E-state index is 0.194. The maximum Gasteiger partial charge on any atom is 0.264 e. The smallest absolute Gasteiger partial charge is 0.264 e. The molecule has 1 fully saturated rings. The van der Waals surface area contributed by atoms with Crippen molar-refractivity contribution >= 4 is 40.5 Å².